The number of para-hydroxylation sites is 1. The van der Waals surface area contributed by atoms with E-state index >= 15 is 0 Å². The topological polar surface area (TPSA) is 82.5 Å². The van der Waals surface area contributed by atoms with Crippen LogP contribution in [-0.4, -0.2) is 29.9 Å². The van der Waals surface area contributed by atoms with E-state index in [1.807, 2.05) is 43.3 Å². The summed E-state index contributed by atoms with van der Waals surface area (Å²) in [6, 6.07) is 12.5. The van der Waals surface area contributed by atoms with E-state index in [-0.39, 0.29) is 18.0 Å². The summed E-state index contributed by atoms with van der Waals surface area (Å²) in [6.07, 6.45) is 0. The number of methoxy groups -OCH3 is 2. The molecular formula is C23H23N3O4S. The Bertz CT molecular complexity index is 1340. The van der Waals surface area contributed by atoms with Gasteiger partial charge in [-0.1, -0.05) is 30.3 Å². The first-order valence-electron chi connectivity index (χ1n) is 9.84. The first-order valence-corrected chi connectivity index (χ1v) is 10.7. The third-order valence-corrected chi connectivity index (χ3v) is 6.57. The van der Waals surface area contributed by atoms with Crippen molar-refractivity contribution in [3.05, 3.63) is 64.1 Å². The maximum Gasteiger partial charge on any atom is 0.276 e. The van der Waals surface area contributed by atoms with Gasteiger partial charge in [0.05, 0.1) is 30.0 Å². The van der Waals surface area contributed by atoms with Crippen molar-refractivity contribution in [2.75, 3.05) is 14.2 Å². The number of aromatic nitrogens is 2. The largest absolute Gasteiger partial charge is 0.493 e. The molecule has 0 bridgehead atoms. The molecule has 2 aromatic carbocycles. The fourth-order valence-corrected chi connectivity index (χ4v) is 4.81. The lowest BCUT2D eigenvalue weighted by Gasteiger charge is -2.17. The van der Waals surface area contributed by atoms with Crippen LogP contribution in [0.15, 0.2) is 47.3 Å². The summed E-state index contributed by atoms with van der Waals surface area (Å²) in [5, 5.41) is 8.82. The van der Waals surface area contributed by atoms with Crippen LogP contribution in [0.3, 0.4) is 0 Å². The molecule has 0 aliphatic rings. The van der Waals surface area contributed by atoms with Gasteiger partial charge in [0.1, 0.15) is 6.04 Å². The molecule has 0 saturated heterocycles. The van der Waals surface area contributed by atoms with E-state index < -0.39 is 6.04 Å². The Morgan fingerprint density at radius 1 is 1.16 bits per heavy atom. The summed E-state index contributed by atoms with van der Waals surface area (Å²) in [6.45, 7) is 3.77. The quantitative estimate of drug-likeness (QED) is 0.496. The summed E-state index contributed by atoms with van der Waals surface area (Å²) in [4.78, 5) is 26.1. The SMILES string of the molecule is COc1cccc(CNC(=O)[C@@H](C)n2nc(C)c3sc4ccccc4c3c2=O)c1OC. The number of fused-ring (bicyclic) bond motifs is 3. The number of hydrogen-bond donors (Lipinski definition) is 1. The van der Waals surface area contributed by atoms with Gasteiger partial charge in [-0.3, -0.25) is 9.59 Å². The van der Waals surface area contributed by atoms with Gasteiger partial charge in [-0.25, -0.2) is 4.68 Å². The van der Waals surface area contributed by atoms with Gasteiger partial charge in [0, 0.05) is 22.2 Å². The van der Waals surface area contributed by atoms with Crippen LogP contribution in [0.1, 0.15) is 24.2 Å². The molecule has 4 rings (SSSR count). The van der Waals surface area contributed by atoms with Gasteiger partial charge in [0.2, 0.25) is 5.91 Å². The number of ether oxygens (including phenoxy) is 2. The molecule has 1 N–H and O–H groups in total. The Morgan fingerprint density at radius 3 is 2.68 bits per heavy atom. The lowest BCUT2D eigenvalue weighted by Crippen LogP contribution is -2.37. The molecule has 7 nitrogen and oxygen atoms in total. The smallest absolute Gasteiger partial charge is 0.276 e. The summed E-state index contributed by atoms with van der Waals surface area (Å²) in [5.74, 6) is 0.846. The lowest BCUT2D eigenvalue weighted by molar-refractivity contribution is -0.124. The monoisotopic (exact) mass is 437 g/mol. The Labute approximate surface area is 183 Å². The van der Waals surface area contributed by atoms with E-state index in [1.165, 1.54) is 4.68 Å². The van der Waals surface area contributed by atoms with Gasteiger partial charge >= 0.3 is 0 Å². The van der Waals surface area contributed by atoms with Crippen molar-refractivity contribution in [3.63, 3.8) is 0 Å². The number of rotatable bonds is 6. The number of nitrogens with one attached hydrogen (secondary N) is 1. The van der Waals surface area contributed by atoms with E-state index in [9.17, 15) is 9.59 Å². The average molecular weight is 438 g/mol. The van der Waals surface area contributed by atoms with E-state index in [0.29, 0.717) is 16.9 Å². The Hall–Kier alpha value is -3.39. The minimum Gasteiger partial charge on any atom is -0.493 e. The molecule has 0 aliphatic heterocycles. The van der Waals surface area contributed by atoms with Crippen LogP contribution in [0, 0.1) is 6.92 Å². The van der Waals surface area contributed by atoms with Crippen LogP contribution in [0.2, 0.25) is 0 Å². The molecule has 1 amide bonds. The second-order valence-corrected chi connectivity index (χ2v) is 8.24. The molecule has 2 aromatic heterocycles. The predicted octanol–water partition coefficient (Wildman–Crippen LogP) is 3.81. The fraction of sp³-hybridized carbons (Fsp3) is 0.261. The Kier molecular flexibility index (Phi) is 5.65. The minimum atomic E-state index is -0.772. The summed E-state index contributed by atoms with van der Waals surface area (Å²) < 4.78 is 13.9. The second-order valence-electron chi connectivity index (χ2n) is 7.18. The van der Waals surface area contributed by atoms with Crippen LogP contribution in [0.5, 0.6) is 11.5 Å². The van der Waals surface area contributed by atoms with Crippen molar-refractivity contribution in [1.82, 2.24) is 15.1 Å². The number of thiophene rings is 1. The standard InChI is InChI=1S/C23H23N3O4S/c1-13-21-19(16-9-5-6-11-18(16)31-21)23(28)26(25-13)14(2)22(27)24-12-15-8-7-10-17(29-3)20(15)30-4/h5-11,14H,12H2,1-4H3,(H,24,27)/t14-/m1/s1. The van der Waals surface area contributed by atoms with Gasteiger partial charge in [-0.15, -0.1) is 11.3 Å². The molecule has 0 aliphatic carbocycles. The third-order valence-electron chi connectivity index (χ3n) is 5.29. The number of hydrogen-bond acceptors (Lipinski definition) is 6. The van der Waals surface area contributed by atoms with E-state index in [2.05, 4.69) is 10.4 Å². The first kappa shape index (κ1) is 20.9. The van der Waals surface area contributed by atoms with Crippen LogP contribution in [-0.2, 0) is 11.3 Å². The summed E-state index contributed by atoms with van der Waals surface area (Å²) in [5.41, 5.74) is 1.24. The number of carbonyl (C=O) groups excluding carboxylic acids is 1. The van der Waals surface area contributed by atoms with Crippen molar-refractivity contribution in [2.45, 2.75) is 26.4 Å². The zero-order valence-electron chi connectivity index (χ0n) is 17.8. The predicted molar refractivity (Wildman–Crippen MR) is 122 cm³/mol. The maximum absolute atomic E-state index is 13.3. The number of benzene rings is 2. The Balaban J connectivity index is 1.65. The van der Waals surface area contributed by atoms with Gasteiger partial charge in [-0.2, -0.15) is 5.10 Å². The molecule has 8 heteroatoms. The molecule has 1 atom stereocenters. The molecule has 0 radical (unpaired) electrons. The van der Waals surface area contributed by atoms with Gasteiger partial charge in [-0.05, 0) is 26.0 Å². The molecule has 0 saturated carbocycles. The maximum atomic E-state index is 13.3. The van der Waals surface area contributed by atoms with Gasteiger partial charge in [0.25, 0.3) is 5.56 Å². The van der Waals surface area contributed by atoms with E-state index in [1.54, 1.807) is 38.5 Å². The number of amides is 1. The minimum absolute atomic E-state index is 0.237. The van der Waals surface area contributed by atoms with Crippen molar-refractivity contribution >= 4 is 37.4 Å². The van der Waals surface area contributed by atoms with E-state index in [0.717, 1.165) is 26.0 Å². The molecule has 0 spiro atoms. The third kappa shape index (κ3) is 3.63. The molecule has 0 unspecified atom stereocenters. The van der Waals surface area contributed by atoms with E-state index in [4.69, 9.17) is 9.47 Å². The first-order chi connectivity index (χ1) is 15.0. The highest BCUT2D eigenvalue weighted by Crippen LogP contribution is 2.33. The number of nitrogens with zero attached hydrogens (tertiary/aromatic N) is 2. The molecule has 31 heavy (non-hydrogen) atoms. The molecule has 160 valence electrons. The number of aryl methyl sites for hydroxylation is 1. The normalized spacial score (nSPS) is 12.1. The molecule has 4 aromatic rings. The van der Waals surface area contributed by atoms with Crippen LogP contribution in [0.4, 0.5) is 0 Å². The van der Waals surface area contributed by atoms with Crippen LogP contribution < -0.4 is 20.3 Å². The molecule has 0 fully saturated rings. The highest BCUT2D eigenvalue weighted by molar-refractivity contribution is 7.26. The number of carbonyl (C=O) groups is 1. The van der Waals surface area contributed by atoms with Crippen molar-refractivity contribution in [2.24, 2.45) is 0 Å². The summed E-state index contributed by atoms with van der Waals surface area (Å²) >= 11 is 1.54. The van der Waals surface area contributed by atoms with Crippen molar-refractivity contribution < 1.29 is 14.3 Å². The lowest BCUT2D eigenvalue weighted by atomic mass is 10.1. The Morgan fingerprint density at radius 2 is 1.94 bits per heavy atom. The molecule has 2 heterocycles. The second kappa shape index (κ2) is 8.39. The fourth-order valence-electron chi connectivity index (χ4n) is 3.68. The average Bonchev–Trinajstić information content (AvgIpc) is 3.19. The highest BCUT2D eigenvalue weighted by atomic mass is 32.1. The van der Waals surface area contributed by atoms with Crippen molar-refractivity contribution in [3.8, 4) is 11.5 Å². The van der Waals surface area contributed by atoms with Gasteiger partial charge in [0.15, 0.2) is 11.5 Å². The van der Waals surface area contributed by atoms with Crippen molar-refractivity contribution in [1.29, 1.82) is 0 Å². The van der Waals surface area contributed by atoms with Crippen LogP contribution >= 0.6 is 11.3 Å². The molecular weight excluding hydrogens is 414 g/mol. The zero-order valence-corrected chi connectivity index (χ0v) is 18.6. The van der Waals surface area contributed by atoms with Crippen LogP contribution in [0.25, 0.3) is 20.2 Å². The zero-order chi connectivity index (χ0) is 22.1. The van der Waals surface area contributed by atoms with Gasteiger partial charge < -0.3 is 14.8 Å². The summed E-state index contributed by atoms with van der Waals surface area (Å²) in [7, 11) is 3.12. The highest BCUT2D eigenvalue weighted by Gasteiger charge is 2.22.